The van der Waals surface area contributed by atoms with Crippen LogP contribution in [0.1, 0.15) is 65.2 Å². The Kier molecular flexibility index (Phi) is 3.11. The SMILES string of the molecule is C[C@]12CC=C3[C@@H](CCC4C[C@H](O)CC[C@]34C)[C@@H]1CC[C@@H]2O. The van der Waals surface area contributed by atoms with Crippen LogP contribution in [0.5, 0.6) is 0 Å². The van der Waals surface area contributed by atoms with Crippen LogP contribution >= 0.6 is 0 Å². The Morgan fingerprint density at radius 1 is 1.05 bits per heavy atom. The van der Waals surface area contributed by atoms with Crippen molar-refractivity contribution in [3.05, 3.63) is 11.6 Å². The van der Waals surface area contributed by atoms with E-state index in [1.807, 2.05) is 0 Å². The van der Waals surface area contributed by atoms with Crippen LogP contribution in [0.4, 0.5) is 0 Å². The second-order valence-electron chi connectivity index (χ2n) is 8.80. The Bertz CT molecular complexity index is 470. The maximum atomic E-state index is 10.4. The Morgan fingerprint density at radius 2 is 1.86 bits per heavy atom. The molecule has 4 aliphatic carbocycles. The van der Waals surface area contributed by atoms with Gasteiger partial charge in [-0.3, -0.25) is 0 Å². The third-order valence-electron chi connectivity index (χ3n) is 7.95. The van der Waals surface area contributed by atoms with Crippen LogP contribution in [0.2, 0.25) is 0 Å². The summed E-state index contributed by atoms with van der Waals surface area (Å²) < 4.78 is 0. The van der Waals surface area contributed by atoms with Crippen molar-refractivity contribution < 1.29 is 10.2 Å². The molecule has 0 bridgehead atoms. The number of fused-ring (bicyclic) bond motifs is 5. The lowest BCUT2D eigenvalue weighted by Crippen LogP contribution is -2.49. The molecule has 0 amide bonds. The highest BCUT2D eigenvalue weighted by Gasteiger charge is 2.56. The monoisotopic (exact) mass is 290 g/mol. The molecule has 0 saturated heterocycles. The second-order valence-corrected chi connectivity index (χ2v) is 8.80. The summed E-state index contributed by atoms with van der Waals surface area (Å²) in [6, 6.07) is 0. The molecule has 7 atom stereocenters. The van der Waals surface area contributed by atoms with Crippen LogP contribution in [-0.2, 0) is 0 Å². The van der Waals surface area contributed by atoms with Gasteiger partial charge in [-0.2, -0.15) is 0 Å². The van der Waals surface area contributed by atoms with E-state index in [0.29, 0.717) is 23.2 Å². The lowest BCUT2D eigenvalue weighted by molar-refractivity contribution is -0.0262. The highest BCUT2D eigenvalue weighted by molar-refractivity contribution is 5.29. The van der Waals surface area contributed by atoms with E-state index in [1.54, 1.807) is 5.57 Å². The molecule has 0 aromatic carbocycles. The Morgan fingerprint density at radius 3 is 2.67 bits per heavy atom. The molecular formula is C19H30O2. The Labute approximate surface area is 128 Å². The first-order valence-electron chi connectivity index (χ1n) is 9.02. The maximum Gasteiger partial charge on any atom is 0.0599 e. The van der Waals surface area contributed by atoms with E-state index in [-0.39, 0.29) is 17.6 Å². The minimum atomic E-state index is -0.0981. The van der Waals surface area contributed by atoms with Crippen molar-refractivity contribution in [2.75, 3.05) is 0 Å². The smallest absolute Gasteiger partial charge is 0.0599 e. The van der Waals surface area contributed by atoms with Gasteiger partial charge in [0.15, 0.2) is 0 Å². The lowest BCUT2D eigenvalue weighted by atomic mass is 9.49. The molecule has 4 aliphatic rings. The van der Waals surface area contributed by atoms with Gasteiger partial charge in [0.05, 0.1) is 12.2 Å². The van der Waals surface area contributed by atoms with Gasteiger partial charge in [-0.05, 0) is 74.5 Å². The van der Waals surface area contributed by atoms with Crippen LogP contribution in [0.3, 0.4) is 0 Å². The van der Waals surface area contributed by atoms with Crippen molar-refractivity contribution in [3.63, 3.8) is 0 Å². The summed E-state index contributed by atoms with van der Waals surface area (Å²) in [7, 11) is 0. The molecule has 21 heavy (non-hydrogen) atoms. The third-order valence-corrected chi connectivity index (χ3v) is 7.95. The molecule has 0 heterocycles. The maximum absolute atomic E-state index is 10.4. The van der Waals surface area contributed by atoms with E-state index in [2.05, 4.69) is 19.9 Å². The van der Waals surface area contributed by atoms with Crippen molar-refractivity contribution >= 4 is 0 Å². The van der Waals surface area contributed by atoms with E-state index >= 15 is 0 Å². The van der Waals surface area contributed by atoms with Crippen molar-refractivity contribution in [2.24, 2.45) is 28.6 Å². The van der Waals surface area contributed by atoms with E-state index in [0.717, 1.165) is 32.1 Å². The molecule has 4 rings (SSSR count). The quantitative estimate of drug-likeness (QED) is 0.668. The number of aliphatic hydroxyl groups is 2. The van der Waals surface area contributed by atoms with Gasteiger partial charge in [-0.25, -0.2) is 0 Å². The zero-order chi connectivity index (χ0) is 14.8. The van der Waals surface area contributed by atoms with Crippen LogP contribution < -0.4 is 0 Å². The molecule has 0 radical (unpaired) electrons. The normalized spacial score (nSPS) is 56.2. The zero-order valence-electron chi connectivity index (χ0n) is 13.5. The van der Waals surface area contributed by atoms with Gasteiger partial charge in [0.25, 0.3) is 0 Å². The Balaban J connectivity index is 1.69. The summed E-state index contributed by atoms with van der Waals surface area (Å²) in [5.41, 5.74) is 2.17. The lowest BCUT2D eigenvalue weighted by Gasteiger charge is -2.56. The van der Waals surface area contributed by atoms with Gasteiger partial charge < -0.3 is 10.2 Å². The fourth-order valence-corrected chi connectivity index (χ4v) is 6.48. The molecule has 0 aromatic rings. The molecule has 0 spiro atoms. The first-order valence-corrected chi connectivity index (χ1v) is 9.02. The summed E-state index contributed by atoms with van der Waals surface area (Å²) in [6.07, 6.45) is 11.3. The number of rotatable bonds is 0. The fourth-order valence-electron chi connectivity index (χ4n) is 6.48. The van der Waals surface area contributed by atoms with Crippen molar-refractivity contribution in [1.82, 2.24) is 0 Å². The molecule has 2 heteroatoms. The van der Waals surface area contributed by atoms with Crippen molar-refractivity contribution in [1.29, 1.82) is 0 Å². The summed E-state index contributed by atoms with van der Waals surface area (Å²) in [6.45, 7) is 4.79. The van der Waals surface area contributed by atoms with E-state index in [9.17, 15) is 10.2 Å². The average molecular weight is 290 g/mol. The molecule has 3 fully saturated rings. The largest absolute Gasteiger partial charge is 0.393 e. The topological polar surface area (TPSA) is 40.5 Å². The molecular weight excluding hydrogens is 260 g/mol. The molecule has 0 aromatic heterocycles. The first-order chi connectivity index (χ1) is 9.95. The number of hydrogen-bond acceptors (Lipinski definition) is 2. The third kappa shape index (κ3) is 1.84. The molecule has 1 unspecified atom stereocenters. The predicted octanol–water partition coefficient (Wildman–Crippen LogP) is 3.67. The van der Waals surface area contributed by atoms with E-state index in [1.165, 1.54) is 19.3 Å². The van der Waals surface area contributed by atoms with Gasteiger partial charge in [0.2, 0.25) is 0 Å². The molecule has 0 aliphatic heterocycles. The minimum absolute atomic E-state index is 0.0672. The van der Waals surface area contributed by atoms with Crippen LogP contribution in [0.25, 0.3) is 0 Å². The summed E-state index contributed by atoms with van der Waals surface area (Å²) >= 11 is 0. The summed E-state index contributed by atoms with van der Waals surface area (Å²) in [5.74, 6) is 2.08. The number of allylic oxidation sites excluding steroid dienone is 2. The van der Waals surface area contributed by atoms with E-state index < -0.39 is 0 Å². The predicted molar refractivity (Wildman–Crippen MR) is 83.7 cm³/mol. The number of hydrogen-bond donors (Lipinski definition) is 2. The zero-order valence-corrected chi connectivity index (χ0v) is 13.5. The summed E-state index contributed by atoms with van der Waals surface area (Å²) in [5, 5.41) is 20.5. The van der Waals surface area contributed by atoms with Gasteiger partial charge in [0, 0.05) is 5.41 Å². The van der Waals surface area contributed by atoms with Crippen LogP contribution in [-0.4, -0.2) is 22.4 Å². The second kappa shape index (κ2) is 4.58. The summed E-state index contributed by atoms with van der Waals surface area (Å²) in [4.78, 5) is 0. The Hall–Kier alpha value is -0.340. The molecule has 118 valence electrons. The highest BCUT2D eigenvalue weighted by atomic mass is 16.3. The fraction of sp³-hybridized carbons (Fsp3) is 0.895. The van der Waals surface area contributed by atoms with Crippen LogP contribution in [0, 0.1) is 28.6 Å². The van der Waals surface area contributed by atoms with E-state index in [4.69, 9.17) is 0 Å². The molecule has 2 nitrogen and oxygen atoms in total. The first kappa shape index (κ1) is 14.3. The standard InChI is InChI=1S/C19H30O2/c1-18-9-7-13(20)11-12(18)3-4-14-15-5-6-17(21)19(15,2)10-8-16(14)18/h8,12-15,17,20-21H,3-7,9-11H2,1-2H3/t12?,13-,14+,15+,17+,18+,19+/m1/s1. The van der Waals surface area contributed by atoms with Gasteiger partial charge in [0.1, 0.15) is 0 Å². The average Bonchev–Trinajstić information content (AvgIpc) is 2.76. The van der Waals surface area contributed by atoms with Crippen molar-refractivity contribution in [3.8, 4) is 0 Å². The van der Waals surface area contributed by atoms with Gasteiger partial charge in [-0.15, -0.1) is 0 Å². The minimum Gasteiger partial charge on any atom is -0.393 e. The number of aliphatic hydroxyl groups excluding tert-OH is 2. The van der Waals surface area contributed by atoms with Crippen molar-refractivity contribution in [2.45, 2.75) is 77.4 Å². The molecule has 2 N–H and O–H groups in total. The van der Waals surface area contributed by atoms with Gasteiger partial charge in [-0.1, -0.05) is 25.5 Å². The highest BCUT2D eigenvalue weighted by Crippen LogP contribution is 2.64. The van der Waals surface area contributed by atoms with Gasteiger partial charge >= 0.3 is 0 Å². The van der Waals surface area contributed by atoms with Crippen LogP contribution in [0.15, 0.2) is 11.6 Å². The molecule has 3 saturated carbocycles.